The number of carbonyl (C=O) groups is 2. The van der Waals surface area contributed by atoms with Gasteiger partial charge < -0.3 is 10.2 Å². The summed E-state index contributed by atoms with van der Waals surface area (Å²) in [5.74, 6) is 0.781. The van der Waals surface area contributed by atoms with Gasteiger partial charge in [0.05, 0.1) is 5.75 Å². The Hall–Kier alpha value is -1.69. The molecule has 4 nitrogen and oxygen atoms in total. The first-order valence-corrected chi connectivity index (χ1v) is 13.0. The Morgan fingerprint density at radius 3 is 2.34 bits per heavy atom. The SMILES string of the molecule is C[C@H](C(=O)NC1CCCCC1)N(Cc1c(Cl)cccc1Cl)C(=O)CSCc1ccccc1. The van der Waals surface area contributed by atoms with Crippen LogP contribution in [0.3, 0.4) is 0 Å². The molecule has 3 rings (SSSR count). The molecule has 1 saturated carbocycles. The second-order valence-corrected chi connectivity index (χ2v) is 10.0. The number of carbonyl (C=O) groups excluding carboxylic acids is 2. The fourth-order valence-corrected chi connectivity index (χ4v) is 5.31. The summed E-state index contributed by atoms with van der Waals surface area (Å²) in [5, 5.41) is 4.13. The molecule has 0 aromatic heterocycles. The van der Waals surface area contributed by atoms with Crippen molar-refractivity contribution in [2.75, 3.05) is 5.75 Å². The Morgan fingerprint density at radius 1 is 1.03 bits per heavy atom. The summed E-state index contributed by atoms with van der Waals surface area (Å²) < 4.78 is 0. The average Bonchev–Trinajstić information content (AvgIpc) is 2.80. The first-order valence-electron chi connectivity index (χ1n) is 11.1. The van der Waals surface area contributed by atoms with Gasteiger partial charge in [-0.05, 0) is 37.5 Å². The van der Waals surface area contributed by atoms with E-state index in [0.717, 1.165) is 37.0 Å². The van der Waals surface area contributed by atoms with E-state index in [4.69, 9.17) is 23.2 Å². The van der Waals surface area contributed by atoms with Crippen LogP contribution in [-0.2, 0) is 21.9 Å². The van der Waals surface area contributed by atoms with Gasteiger partial charge in [-0.15, -0.1) is 11.8 Å². The first-order chi connectivity index (χ1) is 15.5. The minimum absolute atomic E-state index is 0.104. The molecule has 0 bridgehead atoms. The third kappa shape index (κ3) is 7.16. The highest BCUT2D eigenvalue weighted by Crippen LogP contribution is 2.27. The molecule has 1 aliphatic carbocycles. The van der Waals surface area contributed by atoms with Crippen LogP contribution < -0.4 is 5.32 Å². The highest BCUT2D eigenvalue weighted by atomic mass is 35.5. The molecule has 2 aromatic rings. The molecule has 0 saturated heterocycles. The van der Waals surface area contributed by atoms with Gasteiger partial charge in [0.1, 0.15) is 6.04 Å². The van der Waals surface area contributed by atoms with E-state index >= 15 is 0 Å². The highest BCUT2D eigenvalue weighted by molar-refractivity contribution is 7.99. The third-order valence-corrected chi connectivity index (χ3v) is 7.54. The number of halogens is 2. The Balaban J connectivity index is 1.70. The molecule has 0 radical (unpaired) electrons. The quantitative estimate of drug-likeness (QED) is 0.460. The number of benzene rings is 2. The van der Waals surface area contributed by atoms with Crippen molar-refractivity contribution in [2.24, 2.45) is 0 Å². The lowest BCUT2D eigenvalue weighted by molar-refractivity contribution is -0.139. The van der Waals surface area contributed by atoms with Crippen molar-refractivity contribution < 1.29 is 9.59 Å². The lowest BCUT2D eigenvalue weighted by Crippen LogP contribution is -2.50. The molecule has 0 heterocycles. The van der Waals surface area contributed by atoms with E-state index in [9.17, 15) is 9.59 Å². The maximum Gasteiger partial charge on any atom is 0.242 e. The zero-order valence-electron chi connectivity index (χ0n) is 18.4. The average molecular weight is 494 g/mol. The zero-order chi connectivity index (χ0) is 22.9. The predicted molar refractivity (Wildman–Crippen MR) is 134 cm³/mol. The maximum atomic E-state index is 13.2. The molecule has 1 aliphatic rings. The molecule has 0 spiro atoms. The number of nitrogens with one attached hydrogen (secondary N) is 1. The molecule has 32 heavy (non-hydrogen) atoms. The molecular formula is C25H30Cl2N2O2S. The lowest BCUT2D eigenvalue weighted by Gasteiger charge is -2.31. The largest absolute Gasteiger partial charge is 0.352 e. The van der Waals surface area contributed by atoms with Crippen molar-refractivity contribution in [1.29, 1.82) is 0 Å². The molecule has 0 aliphatic heterocycles. The second kappa shape index (κ2) is 12.5. The molecule has 7 heteroatoms. The van der Waals surface area contributed by atoms with E-state index in [-0.39, 0.29) is 30.2 Å². The van der Waals surface area contributed by atoms with Crippen LogP contribution in [0, 0.1) is 0 Å². The Morgan fingerprint density at radius 2 is 1.69 bits per heavy atom. The summed E-state index contributed by atoms with van der Waals surface area (Å²) in [5.41, 5.74) is 1.82. The molecule has 172 valence electrons. The first kappa shape index (κ1) is 24.9. The predicted octanol–water partition coefficient (Wildman–Crippen LogP) is 6.09. The normalized spacial score (nSPS) is 15.2. The number of hydrogen-bond acceptors (Lipinski definition) is 3. The van der Waals surface area contributed by atoms with Crippen molar-refractivity contribution in [3.8, 4) is 0 Å². The van der Waals surface area contributed by atoms with Gasteiger partial charge in [-0.3, -0.25) is 9.59 Å². The number of thioether (sulfide) groups is 1. The summed E-state index contributed by atoms with van der Waals surface area (Å²) in [7, 11) is 0. The van der Waals surface area contributed by atoms with Crippen LogP contribution in [0.1, 0.15) is 50.2 Å². The van der Waals surface area contributed by atoms with E-state index in [0.29, 0.717) is 15.6 Å². The Kier molecular flexibility index (Phi) is 9.76. The Labute approximate surface area is 205 Å². The minimum atomic E-state index is -0.617. The summed E-state index contributed by atoms with van der Waals surface area (Å²) >= 11 is 14.3. The van der Waals surface area contributed by atoms with Crippen molar-refractivity contribution in [1.82, 2.24) is 10.2 Å². The lowest BCUT2D eigenvalue weighted by atomic mass is 9.95. The molecule has 1 atom stereocenters. The van der Waals surface area contributed by atoms with E-state index in [1.165, 1.54) is 18.2 Å². The van der Waals surface area contributed by atoms with E-state index < -0.39 is 6.04 Å². The van der Waals surface area contributed by atoms with Gasteiger partial charge in [0.2, 0.25) is 11.8 Å². The van der Waals surface area contributed by atoms with Crippen LogP contribution in [0.4, 0.5) is 0 Å². The van der Waals surface area contributed by atoms with Gasteiger partial charge in [-0.2, -0.15) is 0 Å². The van der Waals surface area contributed by atoms with Gasteiger partial charge in [-0.1, -0.05) is 78.9 Å². The van der Waals surface area contributed by atoms with Crippen LogP contribution in [0.2, 0.25) is 10.0 Å². The number of hydrogen-bond donors (Lipinski definition) is 1. The molecule has 2 aromatic carbocycles. The third-order valence-electron chi connectivity index (χ3n) is 5.85. The van der Waals surface area contributed by atoms with Gasteiger partial charge >= 0.3 is 0 Å². The van der Waals surface area contributed by atoms with Crippen molar-refractivity contribution in [3.63, 3.8) is 0 Å². The van der Waals surface area contributed by atoms with Crippen LogP contribution in [-0.4, -0.2) is 34.6 Å². The molecule has 0 unspecified atom stereocenters. The smallest absolute Gasteiger partial charge is 0.242 e. The van der Waals surface area contributed by atoms with Crippen molar-refractivity contribution >= 4 is 46.8 Å². The van der Waals surface area contributed by atoms with Gasteiger partial charge in [-0.25, -0.2) is 0 Å². The van der Waals surface area contributed by atoms with Gasteiger partial charge in [0.15, 0.2) is 0 Å². The van der Waals surface area contributed by atoms with Gasteiger partial charge in [0, 0.05) is 33.9 Å². The van der Waals surface area contributed by atoms with Crippen LogP contribution >= 0.6 is 35.0 Å². The monoisotopic (exact) mass is 492 g/mol. The standard InChI is InChI=1S/C25H30Cl2N2O2S/c1-18(25(31)28-20-11-6-3-7-12-20)29(15-21-22(26)13-8-14-23(21)27)24(30)17-32-16-19-9-4-2-5-10-19/h2,4-5,8-10,13-14,18,20H,3,6-7,11-12,15-17H2,1H3,(H,28,31)/t18-/m1/s1. The van der Waals surface area contributed by atoms with Crippen molar-refractivity contribution in [2.45, 2.75) is 63.4 Å². The van der Waals surface area contributed by atoms with E-state index in [1.54, 1.807) is 30.0 Å². The van der Waals surface area contributed by atoms with Crippen molar-refractivity contribution in [3.05, 3.63) is 69.7 Å². The Bertz CT molecular complexity index is 884. The molecule has 2 amide bonds. The van der Waals surface area contributed by atoms with E-state index in [2.05, 4.69) is 5.32 Å². The summed E-state index contributed by atoms with van der Waals surface area (Å²) in [4.78, 5) is 27.9. The molecule has 1 N–H and O–H groups in total. The van der Waals surface area contributed by atoms with Gasteiger partial charge in [0.25, 0.3) is 0 Å². The highest BCUT2D eigenvalue weighted by Gasteiger charge is 2.29. The number of amides is 2. The second-order valence-electron chi connectivity index (χ2n) is 8.22. The maximum absolute atomic E-state index is 13.2. The fourth-order valence-electron chi connectivity index (χ4n) is 3.92. The molecular weight excluding hydrogens is 463 g/mol. The number of rotatable bonds is 9. The van der Waals surface area contributed by atoms with Crippen LogP contribution in [0.5, 0.6) is 0 Å². The molecule has 1 fully saturated rings. The van der Waals surface area contributed by atoms with E-state index in [1.807, 2.05) is 30.3 Å². The number of nitrogens with zero attached hydrogens (tertiary/aromatic N) is 1. The van der Waals surface area contributed by atoms with Crippen LogP contribution in [0.25, 0.3) is 0 Å². The summed E-state index contributed by atoms with van der Waals surface area (Å²) in [6, 6.07) is 14.9. The van der Waals surface area contributed by atoms with Crippen LogP contribution in [0.15, 0.2) is 48.5 Å². The summed E-state index contributed by atoms with van der Waals surface area (Å²) in [6.45, 7) is 1.98. The topological polar surface area (TPSA) is 49.4 Å². The zero-order valence-corrected chi connectivity index (χ0v) is 20.7. The minimum Gasteiger partial charge on any atom is -0.352 e. The summed E-state index contributed by atoms with van der Waals surface area (Å²) in [6.07, 6.45) is 5.47. The fraction of sp³-hybridized carbons (Fsp3) is 0.440.